The molecule has 2 aromatic carbocycles. The highest BCUT2D eigenvalue weighted by molar-refractivity contribution is 5.97. The number of carbonyl (C=O) groups is 1. The smallest absolute Gasteiger partial charge is 0.293 e. The van der Waals surface area contributed by atoms with Crippen molar-refractivity contribution in [3.63, 3.8) is 0 Å². The van der Waals surface area contributed by atoms with Crippen LogP contribution in [0.2, 0.25) is 0 Å². The molecule has 0 heterocycles. The van der Waals surface area contributed by atoms with Crippen LogP contribution in [0.3, 0.4) is 0 Å². The van der Waals surface area contributed by atoms with Crippen molar-refractivity contribution in [2.24, 2.45) is 5.84 Å². The number of anilines is 1. The zero-order valence-corrected chi connectivity index (χ0v) is 12.9. The third-order valence-corrected chi connectivity index (χ3v) is 2.91. The first-order valence-corrected chi connectivity index (χ1v) is 6.77. The Bertz CT molecular complexity index is 738. The Labute approximate surface area is 138 Å². The number of methoxy groups -OCH3 is 1. The van der Waals surface area contributed by atoms with Gasteiger partial charge >= 0.3 is 0 Å². The van der Waals surface area contributed by atoms with Gasteiger partial charge in [0.1, 0.15) is 11.4 Å². The van der Waals surface area contributed by atoms with E-state index in [1.165, 1.54) is 12.1 Å². The van der Waals surface area contributed by atoms with Gasteiger partial charge in [0.2, 0.25) is 0 Å². The number of hydrogen-bond acceptors (Lipinski definition) is 7. The molecule has 0 unspecified atom stereocenters. The van der Waals surface area contributed by atoms with Crippen molar-refractivity contribution in [2.75, 3.05) is 12.5 Å². The van der Waals surface area contributed by atoms with Crippen molar-refractivity contribution in [1.82, 2.24) is 0 Å². The number of ketones is 1. The molecule has 124 valence electrons. The second-order valence-corrected chi connectivity index (χ2v) is 4.41. The lowest BCUT2D eigenvalue weighted by atomic mass is 10.1. The van der Waals surface area contributed by atoms with Gasteiger partial charge in [0, 0.05) is 11.6 Å². The molecule has 0 radical (unpaired) electrons. The third-order valence-electron chi connectivity index (χ3n) is 2.91. The summed E-state index contributed by atoms with van der Waals surface area (Å²) in [4.78, 5) is 21.0. The number of nitro benzene ring substituents is 1. The summed E-state index contributed by atoms with van der Waals surface area (Å²) in [5.41, 5.74) is 3.08. The first-order valence-electron chi connectivity index (χ1n) is 6.77. The van der Waals surface area contributed by atoms with E-state index in [1.807, 2.05) is 6.07 Å². The number of benzene rings is 2. The van der Waals surface area contributed by atoms with Gasteiger partial charge in [0.25, 0.3) is 5.69 Å². The fourth-order valence-corrected chi connectivity index (χ4v) is 1.71. The molecule has 2 aromatic rings. The van der Waals surface area contributed by atoms with E-state index < -0.39 is 4.92 Å². The molecule has 0 aliphatic heterocycles. The van der Waals surface area contributed by atoms with Gasteiger partial charge in [-0.3, -0.25) is 20.8 Å². The highest BCUT2D eigenvalue weighted by Gasteiger charge is 2.09. The molecule has 8 nitrogen and oxygen atoms in total. The van der Waals surface area contributed by atoms with Crippen LogP contribution in [0, 0.1) is 21.4 Å². The van der Waals surface area contributed by atoms with Gasteiger partial charge < -0.3 is 10.2 Å². The molecule has 2 rings (SSSR count). The van der Waals surface area contributed by atoms with Crippen LogP contribution >= 0.6 is 0 Å². The number of nitrogens with one attached hydrogen (secondary N) is 1. The lowest BCUT2D eigenvalue weighted by Crippen LogP contribution is -2.08. The predicted molar refractivity (Wildman–Crippen MR) is 88.5 cm³/mol. The van der Waals surface area contributed by atoms with Gasteiger partial charge in [-0.15, -0.1) is 0 Å². The van der Waals surface area contributed by atoms with Gasteiger partial charge in [0.05, 0.1) is 24.5 Å². The van der Waals surface area contributed by atoms with Gasteiger partial charge in [-0.05, 0) is 30.3 Å². The Morgan fingerprint density at radius 1 is 1.29 bits per heavy atom. The quantitative estimate of drug-likeness (QED) is 0.373. The molecule has 8 heteroatoms. The number of carbonyl (C=O) groups excluding carboxylic acids is 1. The zero-order chi connectivity index (χ0) is 17.9. The van der Waals surface area contributed by atoms with E-state index >= 15 is 0 Å². The minimum absolute atomic E-state index is 0.0185. The van der Waals surface area contributed by atoms with E-state index in [2.05, 4.69) is 5.43 Å². The maximum absolute atomic E-state index is 11.2. The summed E-state index contributed by atoms with van der Waals surface area (Å²) in [6, 6.07) is 14.7. The summed E-state index contributed by atoms with van der Waals surface area (Å²) in [6.07, 6.45) is -0.0771. The number of nitro groups is 1. The molecule has 0 saturated carbocycles. The molecule has 0 aliphatic rings. The van der Waals surface area contributed by atoms with Crippen molar-refractivity contribution in [3.05, 3.63) is 64.2 Å². The van der Waals surface area contributed by atoms with Gasteiger partial charge in [0.15, 0.2) is 5.78 Å². The van der Waals surface area contributed by atoms with Gasteiger partial charge in [-0.2, -0.15) is 5.26 Å². The van der Waals surface area contributed by atoms with Crippen molar-refractivity contribution < 1.29 is 14.5 Å². The van der Waals surface area contributed by atoms with Crippen LogP contribution < -0.4 is 16.0 Å². The summed E-state index contributed by atoms with van der Waals surface area (Å²) < 4.78 is 4.93. The molecule has 0 bridgehead atoms. The number of Topliss-reactive ketones (excluding diaryl/α,β-unsaturated/α-hetero) is 1. The van der Waals surface area contributed by atoms with E-state index in [9.17, 15) is 14.9 Å². The molecule has 0 fully saturated rings. The largest absolute Gasteiger partial charge is 0.497 e. The average molecular weight is 328 g/mol. The first kappa shape index (κ1) is 18.6. The van der Waals surface area contributed by atoms with E-state index in [1.54, 1.807) is 43.5 Å². The number of ether oxygens (including phenoxy) is 1. The second-order valence-electron chi connectivity index (χ2n) is 4.41. The topological polar surface area (TPSA) is 131 Å². The van der Waals surface area contributed by atoms with E-state index in [0.717, 1.165) is 0 Å². The number of nitriles is 1. The Morgan fingerprint density at radius 2 is 1.92 bits per heavy atom. The highest BCUT2D eigenvalue weighted by atomic mass is 16.6. The number of hydrogen-bond donors (Lipinski definition) is 2. The van der Waals surface area contributed by atoms with Crippen LogP contribution in [0.25, 0.3) is 0 Å². The second kappa shape index (κ2) is 9.55. The molecular formula is C16H16N4O4. The minimum atomic E-state index is -0.491. The average Bonchev–Trinajstić information content (AvgIpc) is 2.62. The Hall–Kier alpha value is -3.44. The molecule has 0 amide bonds. The number of nitrogen functional groups attached to an aromatic ring is 1. The van der Waals surface area contributed by atoms with E-state index in [0.29, 0.717) is 17.0 Å². The fourth-order valence-electron chi connectivity index (χ4n) is 1.71. The third kappa shape index (κ3) is 5.40. The highest BCUT2D eigenvalue weighted by Crippen LogP contribution is 2.21. The Balaban J connectivity index is 0.000000243. The minimum Gasteiger partial charge on any atom is -0.497 e. The number of nitrogens with zero attached hydrogens (tertiary/aromatic N) is 2. The molecule has 0 atom stereocenters. The number of hydrazine groups is 1. The van der Waals surface area contributed by atoms with Crippen molar-refractivity contribution in [1.29, 1.82) is 5.26 Å². The SMILES string of the molecule is COc1ccc(C(=O)CC#N)cc1.NNc1ccccc1[N+](=O)[O-]. The Kier molecular flexibility index (Phi) is 7.41. The normalized spacial score (nSPS) is 9.04. The van der Waals surface area contributed by atoms with Crippen LogP contribution in [0.4, 0.5) is 11.4 Å². The Morgan fingerprint density at radius 3 is 2.38 bits per heavy atom. The molecular weight excluding hydrogens is 312 g/mol. The number of para-hydroxylation sites is 2. The van der Waals surface area contributed by atoms with Crippen molar-refractivity contribution in [3.8, 4) is 11.8 Å². The monoisotopic (exact) mass is 328 g/mol. The summed E-state index contributed by atoms with van der Waals surface area (Å²) in [5.74, 6) is 5.57. The van der Waals surface area contributed by atoms with E-state index in [-0.39, 0.29) is 17.9 Å². The molecule has 24 heavy (non-hydrogen) atoms. The fraction of sp³-hybridized carbons (Fsp3) is 0.125. The zero-order valence-electron chi connectivity index (χ0n) is 12.9. The van der Waals surface area contributed by atoms with E-state index in [4.69, 9.17) is 15.8 Å². The molecule has 3 N–H and O–H groups in total. The van der Waals surface area contributed by atoms with Crippen molar-refractivity contribution >= 4 is 17.2 Å². The molecule has 0 aromatic heterocycles. The lowest BCUT2D eigenvalue weighted by molar-refractivity contribution is -0.384. The van der Waals surface area contributed by atoms with Gasteiger partial charge in [-0.1, -0.05) is 12.1 Å². The molecule has 0 saturated heterocycles. The summed E-state index contributed by atoms with van der Waals surface area (Å²) in [6.45, 7) is 0. The predicted octanol–water partition coefficient (Wildman–Crippen LogP) is 2.67. The van der Waals surface area contributed by atoms with Crippen LogP contribution in [0.5, 0.6) is 5.75 Å². The van der Waals surface area contributed by atoms with Crippen LogP contribution in [0.15, 0.2) is 48.5 Å². The van der Waals surface area contributed by atoms with Crippen molar-refractivity contribution in [2.45, 2.75) is 6.42 Å². The number of rotatable bonds is 5. The molecule has 0 spiro atoms. The summed E-state index contributed by atoms with van der Waals surface area (Å²) >= 11 is 0. The lowest BCUT2D eigenvalue weighted by Gasteiger charge is -1.99. The molecule has 0 aliphatic carbocycles. The summed E-state index contributed by atoms with van der Waals surface area (Å²) in [7, 11) is 1.56. The maximum Gasteiger partial charge on any atom is 0.293 e. The maximum atomic E-state index is 11.2. The van der Waals surface area contributed by atoms with Crippen LogP contribution in [-0.4, -0.2) is 17.8 Å². The standard InChI is InChI=1S/C10H9NO2.C6H7N3O2/c1-13-9-4-2-8(3-5-9)10(12)6-7-11;7-8-5-3-1-2-4-6(5)9(10)11/h2-5H,6H2,1H3;1-4,8H,7H2. The summed E-state index contributed by atoms with van der Waals surface area (Å²) in [5, 5.41) is 18.6. The van der Waals surface area contributed by atoms with Crippen LogP contribution in [0.1, 0.15) is 16.8 Å². The first-order chi connectivity index (χ1) is 11.5. The van der Waals surface area contributed by atoms with Crippen LogP contribution in [-0.2, 0) is 0 Å². The van der Waals surface area contributed by atoms with Gasteiger partial charge in [-0.25, -0.2) is 0 Å². The number of nitrogens with two attached hydrogens (primary N) is 1.